The molecule has 3 aromatic rings. The fourth-order valence-corrected chi connectivity index (χ4v) is 5.59. The molecular weight excluding hydrogens is 452 g/mol. The maximum Gasteiger partial charge on any atom is 0.250 e. The number of nitrogens with one attached hydrogen (secondary N) is 1. The molecule has 0 radical (unpaired) electrons. The molecule has 190 valence electrons. The van der Waals surface area contributed by atoms with Crippen molar-refractivity contribution in [2.75, 3.05) is 12.4 Å². The van der Waals surface area contributed by atoms with Gasteiger partial charge in [-0.3, -0.25) is 4.79 Å². The number of benzene rings is 2. The predicted octanol–water partition coefficient (Wildman–Crippen LogP) is 4.88. The molecule has 7 nitrogen and oxygen atoms in total. The number of hydrogen-bond donors (Lipinski definition) is 3. The Balaban J connectivity index is 1.59. The number of primary amides is 1. The lowest BCUT2D eigenvalue weighted by atomic mass is 9.76. The lowest BCUT2D eigenvalue weighted by Gasteiger charge is -2.30. The quantitative estimate of drug-likeness (QED) is 0.459. The van der Waals surface area contributed by atoms with Crippen LogP contribution in [-0.4, -0.2) is 40.0 Å². The van der Waals surface area contributed by atoms with Crippen LogP contribution in [0.5, 0.6) is 5.75 Å². The smallest absolute Gasteiger partial charge is 0.250 e. The second kappa shape index (κ2) is 9.62. The maximum absolute atomic E-state index is 12.2. The highest BCUT2D eigenvalue weighted by Gasteiger charge is 2.32. The summed E-state index contributed by atoms with van der Waals surface area (Å²) in [6.45, 7) is 4.61. The third kappa shape index (κ3) is 4.85. The zero-order valence-electron chi connectivity index (χ0n) is 21.4. The van der Waals surface area contributed by atoms with E-state index >= 15 is 0 Å². The molecule has 0 unspecified atom stereocenters. The van der Waals surface area contributed by atoms with Crippen LogP contribution < -0.4 is 15.8 Å². The fraction of sp³-hybridized carbons (Fsp3) is 0.448. The van der Waals surface area contributed by atoms with E-state index in [-0.39, 0.29) is 17.6 Å². The number of hydrogen-bond acceptors (Lipinski definition) is 5. The van der Waals surface area contributed by atoms with Gasteiger partial charge in [0, 0.05) is 28.6 Å². The van der Waals surface area contributed by atoms with Crippen LogP contribution in [0.4, 0.5) is 5.69 Å². The van der Waals surface area contributed by atoms with E-state index in [0.717, 1.165) is 73.3 Å². The summed E-state index contributed by atoms with van der Waals surface area (Å²) in [5.74, 6) is 0.349. The normalized spacial score (nSPS) is 21.0. The van der Waals surface area contributed by atoms with Gasteiger partial charge < -0.3 is 20.9 Å². The minimum atomic E-state index is -0.458. The van der Waals surface area contributed by atoms with Gasteiger partial charge in [-0.2, -0.15) is 5.10 Å². The van der Waals surface area contributed by atoms with Gasteiger partial charge in [-0.1, -0.05) is 26.0 Å². The first-order chi connectivity index (χ1) is 17.2. The number of aliphatic hydroxyl groups excluding tert-OH is 1. The van der Waals surface area contributed by atoms with Crippen LogP contribution in [0.25, 0.3) is 16.9 Å². The summed E-state index contributed by atoms with van der Waals surface area (Å²) in [6.07, 6.45) is 5.97. The van der Waals surface area contributed by atoms with Gasteiger partial charge >= 0.3 is 0 Å². The highest BCUT2D eigenvalue weighted by molar-refractivity contribution is 5.99. The first-order valence-corrected chi connectivity index (χ1v) is 12.9. The molecule has 2 aromatic carbocycles. The van der Waals surface area contributed by atoms with E-state index in [1.165, 1.54) is 11.3 Å². The number of anilines is 1. The minimum absolute atomic E-state index is 0.174. The Labute approximate surface area is 212 Å². The zero-order chi connectivity index (χ0) is 25.4. The summed E-state index contributed by atoms with van der Waals surface area (Å²) in [4.78, 5) is 12.2. The van der Waals surface area contributed by atoms with Gasteiger partial charge in [-0.25, -0.2) is 4.68 Å². The van der Waals surface area contributed by atoms with Crippen molar-refractivity contribution in [3.63, 3.8) is 0 Å². The Morgan fingerprint density at radius 3 is 2.67 bits per heavy atom. The number of nitrogens with zero attached hydrogens (tertiary/aromatic N) is 2. The van der Waals surface area contributed by atoms with Crippen LogP contribution in [0.2, 0.25) is 0 Å². The molecule has 36 heavy (non-hydrogen) atoms. The number of amides is 1. The number of carbonyl (C=O) groups is 1. The first kappa shape index (κ1) is 24.4. The van der Waals surface area contributed by atoms with Gasteiger partial charge in [0.2, 0.25) is 0 Å². The SMILES string of the molecule is COc1cccc(-c2nn(-c3ccc(C(N)=O)c(N[C@H]4CC[C@H](O)CC4)c3)c3c2CCC(C)(C)C3)c1. The van der Waals surface area contributed by atoms with E-state index in [4.69, 9.17) is 15.6 Å². The fourth-order valence-electron chi connectivity index (χ4n) is 5.59. The average molecular weight is 489 g/mol. The Morgan fingerprint density at radius 1 is 1.17 bits per heavy atom. The molecule has 1 amide bonds. The summed E-state index contributed by atoms with van der Waals surface area (Å²) in [5.41, 5.74) is 12.5. The molecule has 0 atom stereocenters. The maximum atomic E-state index is 12.2. The third-order valence-corrected chi connectivity index (χ3v) is 7.70. The number of fused-ring (bicyclic) bond motifs is 1. The second-order valence-electron chi connectivity index (χ2n) is 11.0. The highest BCUT2D eigenvalue weighted by Crippen LogP contribution is 2.41. The van der Waals surface area contributed by atoms with Crippen molar-refractivity contribution in [3.05, 3.63) is 59.3 Å². The third-order valence-electron chi connectivity index (χ3n) is 7.70. The van der Waals surface area contributed by atoms with E-state index in [0.29, 0.717) is 5.56 Å². The molecule has 0 saturated heterocycles. The highest BCUT2D eigenvalue weighted by atomic mass is 16.5. The number of aromatic nitrogens is 2. The average Bonchev–Trinajstić information content (AvgIpc) is 3.23. The van der Waals surface area contributed by atoms with Crippen LogP contribution in [0.1, 0.15) is 67.6 Å². The van der Waals surface area contributed by atoms with Crippen molar-refractivity contribution in [2.45, 2.75) is 70.9 Å². The van der Waals surface area contributed by atoms with E-state index in [9.17, 15) is 9.90 Å². The molecule has 0 bridgehead atoms. The summed E-state index contributed by atoms with van der Waals surface area (Å²) in [7, 11) is 1.68. The summed E-state index contributed by atoms with van der Waals surface area (Å²) >= 11 is 0. The number of nitrogens with two attached hydrogens (primary N) is 1. The molecule has 2 aliphatic carbocycles. The number of carbonyl (C=O) groups excluding carboxylic acids is 1. The van der Waals surface area contributed by atoms with Crippen molar-refractivity contribution in [2.24, 2.45) is 11.1 Å². The second-order valence-corrected chi connectivity index (χ2v) is 11.0. The summed E-state index contributed by atoms with van der Waals surface area (Å²) in [6, 6.07) is 14.0. The largest absolute Gasteiger partial charge is 0.497 e. The molecule has 1 fully saturated rings. The molecule has 5 rings (SSSR count). The van der Waals surface area contributed by atoms with Crippen LogP contribution in [0.3, 0.4) is 0 Å². The standard InChI is InChI=1S/C29H36N4O3/c1-29(2)14-13-24-26(17-29)33(32-27(24)18-5-4-6-22(15-18)36-3)20-9-12-23(28(30)35)25(16-20)31-19-7-10-21(34)11-8-19/h4-6,9,12,15-16,19,21,31,34H,7-8,10-11,13-14,17H2,1-3H3,(H2,30,35)/t19-,21-. The monoisotopic (exact) mass is 488 g/mol. The summed E-state index contributed by atoms with van der Waals surface area (Å²) in [5, 5.41) is 18.6. The first-order valence-electron chi connectivity index (χ1n) is 12.9. The Kier molecular flexibility index (Phi) is 6.51. The number of aliphatic hydroxyl groups is 1. The molecule has 0 spiro atoms. The van der Waals surface area contributed by atoms with Crippen LogP contribution >= 0.6 is 0 Å². The number of methoxy groups -OCH3 is 1. The van der Waals surface area contributed by atoms with E-state index < -0.39 is 5.91 Å². The van der Waals surface area contributed by atoms with Crippen LogP contribution in [0, 0.1) is 5.41 Å². The summed E-state index contributed by atoms with van der Waals surface area (Å²) < 4.78 is 7.52. The lowest BCUT2D eigenvalue weighted by molar-refractivity contribution is 0.100. The Hall–Kier alpha value is -3.32. The molecule has 1 aromatic heterocycles. The van der Waals surface area contributed by atoms with Gasteiger partial charge in [0.1, 0.15) is 5.75 Å². The van der Waals surface area contributed by atoms with Gasteiger partial charge in [-0.15, -0.1) is 0 Å². The zero-order valence-corrected chi connectivity index (χ0v) is 21.4. The molecule has 1 saturated carbocycles. The Bertz CT molecular complexity index is 1270. The molecule has 7 heteroatoms. The molecule has 4 N–H and O–H groups in total. The van der Waals surface area contributed by atoms with E-state index in [1.54, 1.807) is 13.2 Å². The van der Waals surface area contributed by atoms with E-state index in [2.05, 4.69) is 25.2 Å². The van der Waals surface area contributed by atoms with Crippen molar-refractivity contribution in [1.82, 2.24) is 9.78 Å². The molecule has 2 aliphatic rings. The van der Waals surface area contributed by atoms with E-state index in [1.807, 2.05) is 35.0 Å². The van der Waals surface area contributed by atoms with Crippen molar-refractivity contribution < 1.29 is 14.6 Å². The molecular formula is C29H36N4O3. The van der Waals surface area contributed by atoms with Crippen molar-refractivity contribution in [1.29, 1.82) is 0 Å². The molecule has 1 heterocycles. The van der Waals surface area contributed by atoms with Crippen LogP contribution in [-0.2, 0) is 12.8 Å². The number of ether oxygens (including phenoxy) is 1. The molecule has 0 aliphatic heterocycles. The van der Waals surface area contributed by atoms with Crippen molar-refractivity contribution >= 4 is 11.6 Å². The van der Waals surface area contributed by atoms with Gasteiger partial charge in [-0.05, 0) is 80.7 Å². The van der Waals surface area contributed by atoms with Crippen LogP contribution in [0.15, 0.2) is 42.5 Å². The number of rotatable bonds is 6. The predicted molar refractivity (Wildman–Crippen MR) is 142 cm³/mol. The lowest BCUT2D eigenvalue weighted by Crippen LogP contribution is -2.29. The minimum Gasteiger partial charge on any atom is -0.497 e. The Morgan fingerprint density at radius 2 is 1.94 bits per heavy atom. The van der Waals surface area contributed by atoms with Gasteiger partial charge in [0.25, 0.3) is 5.91 Å². The topological polar surface area (TPSA) is 102 Å². The van der Waals surface area contributed by atoms with Gasteiger partial charge in [0.05, 0.1) is 30.2 Å². The van der Waals surface area contributed by atoms with Gasteiger partial charge in [0.15, 0.2) is 0 Å². The van der Waals surface area contributed by atoms with Crippen molar-refractivity contribution in [3.8, 4) is 22.7 Å².